The molecule has 0 fully saturated rings. The van der Waals surface area contributed by atoms with Gasteiger partial charge in [-0.3, -0.25) is 4.79 Å². The van der Waals surface area contributed by atoms with E-state index in [9.17, 15) is 9.18 Å². The number of ether oxygens (including phenoxy) is 1. The van der Waals surface area contributed by atoms with Crippen molar-refractivity contribution in [3.05, 3.63) is 46.2 Å². The number of rotatable bonds is 4. The van der Waals surface area contributed by atoms with Crippen LogP contribution >= 0.6 is 11.3 Å². The van der Waals surface area contributed by atoms with Crippen LogP contribution in [0.1, 0.15) is 16.1 Å². The van der Waals surface area contributed by atoms with Gasteiger partial charge in [-0.1, -0.05) is 0 Å². The molecule has 0 spiro atoms. The maximum absolute atomic E-state index is 13.8. The zero-order valence-electron chi connectivity index (χ0n) is 10.6. The molecular formula is C13H13FN2O2S. The number of nitrogens with zero attached hydrogens (tertiary/aromatic N) is 2. The number of thiazole rings is 1. The van der Waals surface area contributed by atoms with E-state index in [0.29, 0.717) is 12.3 Å². The Morgan fingerprint density at radius 2 is 2.32 bits per heavy atom. The summed E-state index contributed by atoms with van der Waals surface area (Å²) in [4.78, 5) is 17.6. The summed E-state index contributed by atoms with van der Waals surface area (Å²) >= 11 is 1.46. The van der Waals surface area contributed by atoms with Crippen molar-refractivity contribution in [2.45, 2.75) is 6.54 Å². The fourth-order valence-corrected chi connectivity index (χ4v) is 2.18. The molecular weight excluding hydrogens is 267 g/mol. The third-order valence-electron chi connectivity index (χ3n) is 2.64. The summed E-state index contributed by atoms with van der Waals surface area (Å²) in [5.74, 6) is -0.584. The van der Waals surface area contributed by atoms with E-state index in [1.54, 1.807) is 18.6 Å². The number of hydrogen-bond donors (Lipinski definition) is 0. The monoisotopic (exact) mass is 280 g/mol. The lowest BCUT2D eigenvalue weighted by Gasteiger charge is -2.16. The molecule has 1 aromatic carbocycles. The van der Waals surface area contributed by atoms with Crippen LogP contribution in [0.2, 0.25) is 0 Å². The van der Waals surface area contributed by atoms with Gasteiger partial charge in [0.15, 0.2) is 0 Å². The maximum Gasteiger partial charge on any atom is 0.256 e. The largest absolute Gasteiger partial charge is 0.497 e. The van der Waals surface area contributed by atoms with Crippen LogP contribution in [0.4, 0.5) is 4.39 Å². The predicted octanol–water partition coefficient (Wildman–Crippen LogP) is 2.56. The van der Waals surface area contributed by atoms with Crippen LogP contribution in [0.5, 0.6) is 5.75 Å². The first-order chi connectivity index (χ1) is 9.11. The molecule has 100 valence electrons. The maximum atomic E-state index is 13.8. The molecule has 0 N–H and O–H groups in total. The number of carbonyl (C=O) groups excluding carboxylic acids is 1. The van der Waals surface area contributed by atoms with Gasteiger partial charge in [-0.25, -0.2) is 9.37 Å². The van der Waals surface area contributed by atoms with E-state index in [1.807, 2.05) is 5.38 Å². The molecule has 2 aromatic rings. The summed E-state index contributed by atoms with van der Waals surface area (Å²) in [6, 6.07) is 4.19. The second-order valence-electron chi connectivity index (χ2n) is 3.99. The summed E-state index contributed by atoms with van der Waals surface area (Å²) in [6.45, 7) is 0.355. The van der Waals surface area contributed by atoms with Crippen LogP contribution in [0.15, 0.2) is 29.1 Å². The topological polar surface area (TPSA) is 42.4 Å². The number of benzene rings is 1. The van der Waals surface area contributed by atoms with Crippen molar-refractivity contribution in [3.63, 3.8) is 0 Å². The van der Waals surface area contributed by atoms with Crippen molar-refractivity contribution < 1.29 is 13.9 Å². The van der Waals surface area contributed by atoms with E-state index in [1.165, 1.54) is 35.5 Å². The summed E-state index contributed by atoms with van der Waals surface area (Å²) in [5, 5.41) is 1.86. The van der Waals surface area contributed by atoms with Crippen LogP contribution in [-0.4, -0.2) is 29.9 Å². The van der Waals surface area contributed by atoms with Gasteiger partial charge < -0.3 is 9.64 Å². The first-order valence-corrected chi connectivity index (χ1v) is 6.52. The van der Waals surface area contributed by atoms with E-state index in [0.717, 1.165) is 5.69 Å². The van der Waals surface area contributed by atoms with Crippen LogP contribution in [-0.2, 0) is 6.54 Å². The van der Waals surface area contributed by atoms with Gasteiger partial charge in [0, 0.05) is 18.5 Å². The molecule has 0 unspecified atom stereocenters. The third kappa shape index (κ3) is 3.08. The second-order valence-corrected chi connectivity index (χ2v) is 4.71. The van der Waals surface area contributed by atoms with Crippen LogP contribution < -0.4 is 4.74 Å². The van der Waals surface area contributed by atoms with Gasteiger partial charge in [0.05, 0.1) is 30.4 Å². The molecule has 1 aromatic heterocycles. The highest BCUT2D eigenvalue weighted by Gasteiger charge is 2.17. The number of amides is 1. The van der Waals surface area contributed by atoms with E-state index in [-0.39, 0.29) is 11.5 Å². The molecule has 0 radical (unpaired) electrons. The van der Waals surface area contributed by atoms with E-state index in [2.05, 4.69) is 4.98 Å². The smallest absolute Gasteiger partial charge is 0.256 e. The number of methoxy groups -OCH3 is 1. The van der Waals surface area contributed by atoms with Crippen LogP contribution in [0, 0.1) is 5.82 Å². The van der Waals surface area contributed by atoms with E-state index >= 15 is 0 Å². The lowest BCUT2D eigenvalue weighted by Crippen LogP contribution is -2.27. The van der Waals surface area contributed by atoms with Gasteiger partial charge in [0.1, 0.15) is 11.6 Å². The number of carbonyl (C=O) groups is 1. The van der Waals surface area contributed by atoms with Crippen LogP contribution in [0.3, 0.4) is 0 Å². The molecule has 0 atom stereocenters. The molecule has 0 aliphatic heterocycles. The molecule has 0 bridgehead atoms. The average Bonchev–Trinajstić information content (AvgIpc) is 2.90. The Kier molecular flexibility index (Phi) is 4.11. The Bertz CT molecular complexity index is 572. The Morgan fingerprint density at radius 1 is 1.53 bits per heavy atom. The highest BCUT2D eigenvalue weighted by Crippen LogP contribution is 2.18. The van der Waals surface area contributed by atoms with Crippen molar-refractivity contribution in [2.75, 3.05) is 14.2 Å². The van der Waals surface area contributed by atoms with Gasteiger partial charge in [-0.2, -0.15) is 0 Å². The minimum atomic E-state index is -0.588. The molecule has 0 aliphatic rings. The Balaban J connectivity index is 2.14. The summed E-state index contributed by atoms with van der Waals surface area (Å²) in [6.07, 6.45) is 0. The van der Waals surface area contributed by atoms with E-state index in [4.69, 9.17) is 4.74 Å². The zero-order valence-corrected chi connectivity index (χ0v) is 11.4. The summed E-state index contributed by atoms with van der Waals surface area (Å²) in [5.41, 5.74) is 2.51. The van der Waals surface area contributed by atoms with Crippen molar-refractivity contribution in [1.29, 1.82) is 0 Å². The third-order valence-corrected chi connectivity index (χ3v) is 3.27. The molecule has 2 rings (SSSR count). The quantitative estimate of drug-likeness (QED) is 0.864. The molecule has 0 saturated carbocycles. The normalized spacial score (nSPS) is 10.3. The fourth-order valence-electron chi connectivity index (χ4n) is 1.63. The SMILES string of the molecule is COc1ccc(C(=O)N(C)Cc2cscn2)c(F)c1. The number of aromatic nitrogens is 1. The minimum absolute atomic E-state index is 0.0264. The van der Waals surface area contributed by atoms with Gasteiger partial charge in [-0.15, -0.1) is 11.3 Å². The summed E-state index contributed by atoms with van der Waals surface area (Å²) in [7, 11) is 3.07. The Hall–Kier alpha value is -1.95. The lowest BCUT2D eigenvalue weighted by atomic mass is 10.1. The molecule has 1 amide bonds. The van der Waals surface area contributed by atoms with Gasteiger partial charge >= 0.3 is 0 Å². The summed E-state index contributed by atoms with van der Waals surface area (Å²) < 4.78 is 18.7. The lowest BCUT2D eigenvalue weighted by molar-refractivity contribution is 0.0779. The fraction of sp³-hybridized carbons (Fsp3) is 0.231. The highest BCUT2D eigenvalue weighted by molar-refractivity contribution is 7.07. The molecule has 4 nitrogen and oxygen atoms in total. The highest BCUT2D eigenvalue weighted by atomic mass is 32.1. The standard InChI is InChI=1S/C13H13FN2O2S/c1-16(6-9-7-19-8-15-9)13(17)11-4-3-10(18-2)5-12(11)14/h3-5,7-8H,6H2,1-2H3. The first kappa shape index (κ1) is 13.5. The Morgan fingerprint density at radius 3 is 2.89 bits per heavy atom. The molecule has 6 heteroatoms. The number of hydrogen-bond acceptors (Lipinski definition) is 4. The van der Waals surface area contributed by atoms with Gasteiger partial charge in [-0.05, 0) is 12.1 Å². The zero-order chi connectivity index (χ0) is 13.8. The van der Waals surface area contributed by atoms with Gasteiger partial charge in [0.2, 0.25) is 0 Å². The van der Waals surface area contributed by atoms with Crippen molar-refractivity contribution in [1.82, 2.24) is 9.88 Å². The van der Waals surface area contributed by atoms with Crippen molar-refractivity contribution >= 4 is 17.2 Å². The number of halogens is 1. The van der Waals surface area contributed by atoms with Crippen molar-refractivity contribution in [3.8, 4) is 5.75 Å². The average molecular weight is 280 g/mol. The molecule has 19 heavy (non-hydrogen) atoms. The molecule has 0 aliphatic carbocycles. The minimum Gasteiger partial charge on any atom is -0.497 e. The first-order valence-electron chi connectivity index (χ1n) is 5.58. The van der Waals surface area contributed by atoms with E-state index < -0.39 is 5.82 Å². The van der Waals surface area contributed by atoms with Gasteiger partial charge in [0.25, 0.3) is 5.91 Å². The Labute approximate surface area is 114 Å². The van der Waals surface area contributed by atoms with Crippen LogP contribution in [0.25, 0.3) is 0 Å². The predicted molar refractivity (Wildman–Crippen MR) is 70.9 cm³/mol. The van der Waals surface area contributed by atoms with Crippen molar-refractivity contribution in [2.24, 2.45) is 0 Å². The molecule has 0 saturated heterocycles. The second kappa shape index (κ2) is 5.79. The molecule has 1 heterocycles.